The first kappa shape index (κ1) is 10.5. The number of nitrogens with one attached hydrogen (secondary N) is 1. The second-order valence-electron chi connectivity index (χ2n) is 3.69. The summed E-state index contributed by atoms with van der Waals surface area (Å²) in [7, 11) is 3.26. The van der Waals surface area contributed by atoms with E-state index in [0.29, 0.717) is 11.5 Å². The smallest absolute Gasteiger partial charge is 0.337 e. The molecule has 0 aliphatic carbocycles. The van der Waals surface area contributed by atoms with Gasteiger partial charge < -0.3 is 4.74 Å². The molecule has 8 nitrogen and oxygen atoms in total. The molecular formula is C10H10N6O2. The number of aryl methyl sites for hydroxylation is 1. The van der Waals surface area contributed by atoms with Gasteiger partial charge in [-0.2, -0.15) is 14.6 Å². The first-order valence-corrected chi connectivity index (χ1v) is 5.21. The fourth-order valence-electron chi connectivity index (χ4n) is 1.77. The molecule has 0 unspecified atom stereocenters. The molecule has 0 atom stereocenters. The summed E-state index contributed by atoms with van der Waals surface area (Å²) in [6.07, 6.45) is 1.65. The van der Waals surface area contributed by atoms with Crippen LogP contribution in [0.15, 0.2) is 23.1 Å². The highest BCUT2D eigenvalue weighted by atomic mass is 16.5. The van der Waals surface area contributed by atoms with Gasteiger partial charge in [-0.05, 0) is 6.07 Å². The summed E-state index contributed by atoms with van der Waals surface area (Å²) in [6, 6.07) is 3.43. The molecule has 8 heteroatoms. The minimum atomic E-state index is -0.256. The first-order chi connectivity index (χ1) is 8.69. The van der Waals surface area contributed by atoms with Gasteiger partial charge in [0.15, 0.2) is 0 Å². The van der Waals surface area contributed by atoms with Gasteiger partial charge in [-0.3, -0.25) is 14.5 Å². The summed E-state index contributed by atoms with van der Waals surface area (Å²) in [5, 5.41) is 8.21. The van der Waals surface area contributed by atoms with Gasteiger partial charge in [-0.25, -0.2) is 0 Å². The second kappa shape index (κ2) is 3.69. The van der Waals surface area contributed by atoms with E-state index < -0.39 is 0 Å². The lowest BCUT2D eigenvalue weighted by atomic mass is 10.3. The summed E-state index contributed by atoms with van der Waals surface area (Å²) in [4.78, 5) is 18.2. The number of fused-ring (bicyclic) bond motifs is 1. The highest BCUT2D eigenvalue weighted by Crippen LogP contribution is 2.17. The molecule has 0 fully saturated rings. The molecule has 0 aliphatic heterocycles. The van der Waals surface area contributed by atoms with Crippen molar-refractivity contribution in [3.8, 4) is 17.4 Å². The van der Waals surface area contributed by atoms with E-state index in [-0.39, 0.29) is 11.6 Å². The number of hydrogen-bond acceptors (Lipinski definition) is 5. The van der Waals surface area contributed by atoms with Crippen molar-refractivity contribution >= 4 is 5.78 Å². The third kappa shape index (κ3) is 1.46. The molecule has 0 radical (unpaired) electrons. The number of H-pyrrole nitrogens is 1. The monoisotopic (exact) mass is 246 g/mol. The Kier molecular flexibility index (Phi) is 2.15. The molecule has 0 aliphatic rings. The van der Waals surface area contributed by atoms with Crippen molar-refractivity contribution in [2.45, 2.75) is 0 Å². The van der Waals surface area contributed by atoms with E-state index in [4.69, 9.17) is 4.74 Å². The SMILES string of the molecule is COc1nc2[nH]c(=O)cc(-c3ccnn3C)n2n1. The van der Waals surface area contributed by atoms with Crippen LogP contribution in [-0.2, 0) is 7.05 Å². The first-order valence-electron chi connectivity index (χ1n) is 5.21. The molecular weight excluding hydrogens is 236 g/mol. The zero-order chi connectivity index (χ0) is 12.7. The molecule has 18 heavy (non-hydrogen) atoms. The molecule has 0 aromatic carbocycles. The van der Waals surface area contributed by atoms with Gasteiger partial charge in [0, 0.05) is 19.3 Å². The highest BCUT2D eigenvalue weighted by Gasteiger charge is 2.13. The number of hydrogen-bond donors (Lipinski definition) is 1. The van der Waals surface area contributed by atoms with Gasteiger partial charge in [0.05, 0.1) is 18.5 Å². The number of aromatic amines is 1. The van der Waals surface area contributed by atoms with Crippen LogP contribution in [-0.4, -0.2) is 36.5 Å². The Balaban J connectivity index is 2.37. The van der Waals surface area contributed by atoms with Gasteiger partial charge in [0.2, 0.25) is 5.78 Å². The Morgan fingerprint density at radius 1 is 1.39 bits per heavy atom. The fourth-order valence-corrected chi connectivity index (χ4v) is 1.77. The molecule has 92 valence electrons. The summed E-state index contributed by atoms with van der Waals surface area (Å²) < 4.78 is 8.12. The van der Waals surface area contributed by atoms with Crippen LogP contribution >= 0.6 is 0 Å². The topological polar surface area (TPSA) is 90.1 Å². The van der Waals surface area contributed by atoms with E-state index in [1.54, 1.807) is 24.0 Å². The van der Waals surface area contributed by atoms with E-state index in [0.717, 1.165) is 5.69 Å². The second-order valence-corrected chi connectivity index (χ2v) is 3.69. The average molecular weight is 246 g/mol. The highest BCUT2D eigenvalue weighted by molar-refractivity contribution is 5.57. The van der Waals surface area contributed by atoms with Gasteiger partial charge in [0.25, 0.3) is 5.56 Å². The number of rotatable bonds is 2. The molecule has 0 spiro atoms. The molecule has 3 aromatic rings. The molecule has 0 bridgehead atoms. The fraction of sp³-hybridized carbons (Fsp3) is 0.200. The van der Waals surface area contributed by atoms with Crippen molar-refractivity contribution in [1.82, 2.24) is 29.4 Å². The predicted molar refractivity (Wildman–Crippen MR) is 62.4 cm³/mol. The normalized spacial score (nSPS) is 11.0. The zero-order valence-electron chi connectivity index (χ0n) is 9.78. The van der Waals surface area contributed by atoms with Crippen LogP contribution in [0.2, 0.25) is 0 Å². The molecule has 3 rings (SSSR count). The third-order valence-corrected chi connectivity index (χ3v) is 2.58. The number of methoxy groups -OCH3 is 1. The van der Waals surface area contributed by atoms with Crippen LogP contribution in [0.25, 0.3) is 17.2 Å². The molecule has 3 aromatic heterocycles. The van der Waals surface area contributed by atoms with Crippen LogP contribution in [0.5, 0.6) is 6.01 Å². The van der Waals surface area contributed by atoms with Crippen LogP contribution in [0, 0.1) is 0 Å². The maximum Gasteiger partial charge on any atom is 0.337 e. The standard InChI is InChI=1S/C10H10N6O2/c1-15-6(3-4-11-15)7-5-8(17)12-9-13-10(18-2)14-16(7)9/h3-5H,1-2H3,(H,12,13,14,17). The summed E-state index contributed by atoms with van der Waals surface area (Å²) in [5.74, 6) is 0.329. The van der Waals surface area contributed by atoms with Gasteiger partial charge in [-0.15, -0.1) is 5.10 Å². The van der Waals surface area contributed by atoms with Crippen LogP contribution < -0.4 is 10.3 Å². The van der Waals surface area contributed by atoms with E-state index in [9.17, 15) is 4.79 Å². The number of aromatic nitrogens is 6. The lowest BCUT2D eigenvalue weighted by molar-refractivity contribution is 0.380. The van der Waals surface area contributed by atoms with Crippen LogP contribution in [0.3, 0.4) is 0 Å². The molecule has 3 heterocycles. The molecule has 0 saturated heterocycles. The Morgan fingerprint density at radius 3 is 2.89 bits per heavy atom. The van der Waals surface area contributed by atoms with Crippen molar-refractivity contribution < 1.29 is 4.74 Å². The van der Waals surface area contributed by atoms with E-state index in [1.165, 1.54) is 17.7 Å². The van der Waals surface area contributed by atoms with Gasteiger partial charge >= 0.3 is 6.01 Å². The van der Waals surface area contributed by atoms with Crippen molar-refractivity contribution in [3.05, 3.63) is 28.7 Å². The van der Waals surface area contributed by atoms with Crippen LogP contribution in [0.1, 0.15) is 0 Å². The zero-order valence-corrected chi connectivity index (χ0v) is 9.78. The van der Waals surface area contributed by atoms with Crippen molar-refractivity contribution in [1.29, 1.82) is 0 Å². The lowest BCUT2D eigenvalue weighted by Gasteiger charge is -2.03. The molecule has 0 saturated carbocycles. The van der Waals surface area contributed by atoms with Crippen molar-refractivity contribution in [3.63, 3.8) is 0 Å². The van der Waals surface area contributed by atoms with Crippen LogP contribution in [0.4, 0.5) is 0 Å². The summed E-state index contributed by atoms with van der Waals surface area (Å²) in [6.45, 7) is 0. The lowest BCUT2D eigenvalue weighted by Crippen LogP contribution is -2.11. The minimum absolute atomic E-state index is 0.195. The summed E-state index contributed by atoms with van der Waals surface area (Å²) in [5.41, 5.74) is 1.11. The number of nitrogens with zero attached hydrogens (tertiary/aromatic N) is 5. The maximum absolute atomic E-state index is 11.6. The Labute approximate surface area is 101 Å². The van der Waals surface area contributed by atoms with E-state index >= 15 is 0 Å². The van der Waals surface area contributed by atoms with E-state index in [1.807, 2.05) is 0 Å². The maximum atomic E-state index is 11.6. The van der Waals surface area contributed by atoms with Gasteiger partial charge in [0.1, 0.15) is 0 Å². The predicted octanol–water partition coefficient (Wildman–Crippen LogP) is -0.173. The minimum Gasteiger partial charge on any atom is -0.466 e. The largest absolute Gasteiger partial charge is 0.466 e. The Morgan fingerprint density at radius 2 is 2.22 bits per heavy atom. The Bertz CT molecular complexity index is 768. The summed E-state index contributed by atoms with van der Waals surface area (Å²) >= 11 is 0. The van der Waals surface area contributed by atoms with E-state index in [2.05, 4.69) is 20.2 Å². The number of ether oxygens (including phenoxy) is 1. The van der Waals surface area contributed by atoms with Crippen molar-refractivity contribution in [2.75, 3.05) is 7.11 Å². The molecule has 0 amide bonds. The van der Waals surface area contributed by atoms with Gasteiger partial charge in [-0.1, -0.05) is 0 Å². The quantitative estimate of drug-likeness (QED) is 0.677. The Hall–Kier alpha value is -2.64. The molecule has 1 N–H and O–H groups in total. The third-order valence-electron chi connectivity index (χ3n) is 2.58. The average Bonchev–Trinajstić information content (AvgIpc) is 2.93. The van der Waals surface area contributed by atoms with Crippen molar-refractivity contribution in [2.24, 2.45) is 7.05 Å².